The first kappa shape index (κ1) is 20.1. The molecule has 28 heavy (non-hydrogen) atoms. The van der Waals surface area contributed by atoms with Crippen LogP contribution in [0.4, 0.5) is 13.2 Å². The Hall–Kier alpha value is -2.67. The summed E-state index contributed by atoms with van der Waals surface area (Å²) < 4.78 is 41.0. The Morgan fingerprint density at radius 2 is 1.96 bits per heavy atom. The van der Waals surface area contributed by atoms with E-state index in [-0.39, 0.29) is 23.6 Å². The molecule has 0 spiro atoms. The van der Waals surface area contributed by atoms with Gasteiger partial charge in [-0.2, -0.15) is 5.10 Å². The van der Waals surface area contributed by atoms with E-state index in [0.717, 1.165) is 23.8 Å². The van der Waals surface area contributed by atoms with Crippen LogP contribution in [0.5, 0.6) is 0 Å². The lowest BCUT2D eigenvalue weighted by Crippen LogP contribution is -2.44. The number of amides is 1. The molecule has 1 aliphatic rings. The second-order valence-electron chi connectivity index (χ2n) is 7.03. The third-order valence-corrected chi connectivity index (χ3v) is 5.06. The van der Waals surface area contributed by atoms with Crippen LogP contribution < -0.4 is 5.73 Å². The van der Waals surface area contributed by atoms with Crippen molar-refractivity contribution in [2.45, 2.75) is 37.8 Å². The molecule has 0 aliphatic carbocycles. The summed E-state index contributed by atoms with van der Waals surface area (Å²) in [7, 11) is 0. The minimum Gasteiger partial charge on any atom is -0.325 e. The maximum absolute atomic E-state index is 14.4. The number of benzene rings is 2. The molecular formula is C21H22F3N3O. The number of alkyl halides is 1. The number of nitrogens with two attached hydrogens (primary N) is 1. The van der Waals surface area contributed by atoms with Crippen molar-refractivity contribution in [1.82, 2.24) is 5.01 Å². The smallest absolute Gasteiger partial charge is 0.240 e. The summed E-state index contributed by atoms with van der Waals surface area (Å²) >= 11 is 0. The van der Waals surface area contributed by atoms with Crippen molar-refractivity contribution < 1.29 is 18.0 Å². The average molecular weight is 389 g/mol. The highest BCUT2D eigenvalue weighted by molar-refractivity contribution is 6.03. The van der Waals surface area contributed by atoms with Gasteiger partial charge in [0.15, 0.2) is 0 Å². The second kappa shape index (κ2) is 8.14. The van der Waals surface area contributed by atoms with Gasteiger partial charge < -0.3 is 5.73 Å². The fourth-order valence-electron chi connectivity index (χ4n) is 3.66. The Balaban J connectivity index is 2.08. The van der Waals surface area contributed by atoms with E-state index in [4.69, 9.17) is 5.73 Å². The van der Waals surface area contributed by atoms with E-state index in [9.17, 15) is 18.0 Å². The minimum absolute atomic E-state index is 0.0128. The van der Waals surface area contributed by atoms with Crippen LogP contribution in [0.3, 0.4) is 0 Å². The van der Waals surface area contributed by atoms with Gasteiger partial charge in [-0.1, -0.05) is 30.3 Å². The molecule has 2 atom stereocenters. The van der Waals surface area contributed by atoms with E-state index in [0.29, 0.717) is 12.8 Å². The number of carbonyl (C=O) groups is 1. The van der Waals surface area contributed by atoms with Crippen LogP contribution in [-0.2, 0) is 10.3 Å². The van der Waals surface area contributed by atoms with E-state index < -0.39 is 29.9 Å². The molecule has 1 aliphatic heterocycles. The molecule has 2 aromatic carbocycles. The number of hydrogen-bond donors (Lipinski definition) is 1. The second-order valence-corrected chi connectivity index (χ2v) is 7.03. The molecule has 2 N–H and O–H groups in total. The highest BCUT2D eigenvalue weighted by Crippen LogP contribution is 2.43. The van der Waals surface area contributed by atoms with Crippen LogP contribution in [0.15, 0.2) is 53.6 Å². The highest BCUT2D eigenvalue weighted by Gasteiger charge is 2.46. The topological polar surface area (TPSA) is 58.7 Å². The minimum atomic E-state index is -0.937. The first-order valence-corrected chi connectivity index (χ1v) is 9.08. The van der Waals surface area contributed by atoms with E-state index in [1.807, 2.05) is 30.3 Å². The Morgan fingerprint density at radius 3 is 2.61 bits per heavy atom. The van der Waals surface area contributed by atoms with Gasteiger partial charge in [0.2, 0.25) is 5.91 Å². The summed E-state index contributed by atoms with van der Waals surface area (Å²) in [6.07, 6.45) is 0.825. The molecule has 0 aromatic heterocycles. The van der Waals surface area contributed by atoms with Gasteiger partial charge in [0, 0.05) is 24.9 Å². The van der Waals surface area contributed by atoms with E-state index in [1.54, 1.807) is 0 Å². The number of halogens is 3. The fourth-order valence-corrected chi connectivity index (χ4v) is 3.66. The molecule has 0 bridgehead atoms. The van der Waals surface area contributed by atoms with Crippen molar-refractivity contribution in [3.8, 4) is 0 Å². The van der Waals surface area contributed by atoms with E-state index in [1.165, 1.54) is 11.9 Å². The van der Waals surface area contributed by atoms with Crippen LogP contribution in [-0.4, -0.2) is 29.3 Å². The van der Waals surface area contributed by atoms with Crippen molar-refractivity contribution in [3.63, 3.8) is 0 Å². The molecule has 0 saturated heterocycles. The molecule has 148 valence electrons. The summed E-state index contributed by atoms with van der Waals surface area (Å²) in [5.74, 6) is -1.55. The van der Waals surface area contributed by atoms with Gasteiger partial charge in [-0.25, -0.2) is 18.2 Å². The van der Waals surface area contributed by atoms with Crippen LogP contribution >= 0.6 is 0 Å². The average Bonchev–Trinajstić information content (AvgIpc) is 3.09. The lowest BCUT2D eigenvalue weighted by atomic mass is 9.79. The number of hydrogen-bond acceptors (Lipinski definition) is 3. The van der Waals surface area contributed by atoms with Gasteiger partial charge in [0.05, 0.1) is 11.3 Å². The largest absolute Gasteiger partial charge is 0.325 e. The van der Waals surface area contributed by atoms with Gasteiger partial charge in [-0.05, 0) is 36.6 Å². The van der Waals surface area contributed by atoms with Crippen molar-refractivity contribution in [1.29, 1.82) is 0 Å². The monoisotopic (exact) mass is 389 g/mol. The van der Waals surface area contributed by atoms with E-state index in [2.05, 4.69) is 5.10 Å². The van der Waals surface area contributed by atoms with E-state index >= 15 is 0 Å². The van der Waals surface area contributed by atoms with Crippen molar-refractivity contribution in [2.24, 2.45) is 10.8 Å². The van der Waals surface area contributed by atoms with Crippen LogP contribution in [0.25, 0.3) is 0 Å². The Bertz CT molecular complexity index is 888. The van der Waals surface area contributed by atoms with Gasteiger partial charge in [0.1, 0.15) is 18.3 Å². The lowest BCUT2D eigenvalue weighted by molar-refractivity contribution is -0.135. The summed E-state index contributed by atoms with van der Waals surface area (Å²) in [6, 6.07) is 11.6. The van der Waals surface area contributed by atoms with Gasteiger partial charge >= 0.3 is 0 Å². The molecule has 0 fully saturated rings. The molecule has 0 radical (unpaired) electrons. The predicted octanol–water partition coefficient (Wildman–Crippen LogP) is 3.89. The molecule has 1 amide bonds. The molecule has 7 heteroatoms. The standard InChI is InChI=1S/C21H22F3N3O/c1-14(28)27-21(10-9-17(25)13-22,15-5-3-2-4-6-15)12-20(26-27)18-11-16(23)7-8-19(18)24/h2-8,11,17H,9-10,12-13,25H2,1H3/t17-,21+/m0/s1. The van der Waals surface area contributed by atoms with Crippen molar-refractivity contribution in [2.75, 3.05) is 6.67 Å². The molecule has 0 saturated carbocycles. The number of nitrogens with zero attached hydrogens (tertiary/aromatic N) is 2. The van der Waals surface area contributed by atoms with Gasteiger partial charge in [0.25, 0.3) is 0 Å². The van der Waals surface area contributed by atoms with Crippen molar-refractivity contribution >= 4 is 11.6 Å². The summed E-state index contributed by atoms with van der Waals surface area (Å²) in [4.78, 5) is 12.4. The molecule has 0 unspecified atom stereocenters. The molecule has 3 rings (SSSR count). The predicted molar refractivity (Wildman–Crippen MR) is 101 cm³/mol. The normalized spacial score (nSPS) is 20.2. The molecule has 4 nitrogen and oxygen atoms in total. The maximum atomic E-state index is 14.4. The third-order valence-electron chi connectivity index (χ3n) is 5.06. The first-order valence-electron chi connectivity index (χ1n) is 9.08. The summed E-state index contributed by atoms with van der Waals surface area (Å²) in [5.41, 5.74) is 5.90. The Labute approximate surface area is 161 Å². The SMILES string of the molecule is CC(=O)N1N=C(c2cc(F)ccc2F)C[C@]1(CC[C@H](N)CF)c1ccccc1. The first-order chi connectivity index (χ1) is 13.4. The number of rotatable bonds is 6. The number of hydrazone groups is 1. The molecule has 2 aromatic rings. The quantitative estimate of drug-likeness (QED) is 0.815. The lowest BCUT2D eigenvalue weighted by Gasteiger charge is -2.37. The highest BCUT2D eigenvalue weighted by atomic mass is 19.1. The molecule has 1 heterocycles. The fraction of sp³-hybridized carbons (Fsp3) is 0.333. The zero-order valence-electron chi connectivity index (χ0n) is 15.5. The van der Waals surface area contributed by atoms with Gasteiger partial charge in [-0.15, -0.1) is 0 Å². The zero-order valence-corrected chi connectivity index (χ0v) is 15.5. The van der Waals surface area contributed by atoms with Crippen LogP contribution in [0, 0.1) is 11.6 Å². The van der Waals surface area contributed by atoms with Crippen LogP contribution in [0.2, 0.25) is 0 Å². The third kappa shape index (κ3) is 3.80. The summed E-state index contributed by atoms with van der Waals surface area (Å²) in [6.45, 7) is 0.679. The Kier molecular flexibility index (Phi) is 5.84. The maximum Gasteiger partial charge on any atom is 0.240 e. The number of carbonyl (C=O) groups excluding carboxylic acids is 1. The van der Waals surface area contributed by atoms with Crippen molar-refractivity contribution in [3.05, 3.63) is 71.3 Å². The van der Waals surface area contributed by atoms with Crippen LogP contribution in [0.1, 0.15) is 37.3 Å². The summed E-state index contributed by atoms with van der Waals surface area (Å²) in [5, 5.41) is 5.65. The molecular weight excluding hydrogens is 367 g/mol. The zero-order chi connectivity index (χ0) is 20.3. The Morgan fingerprint density at radius 1 is 1.25 bits per heavy atom. The van der Waals surface area contributed by atoms with Gasteiger partial charge in [-0.3, -0.25) is 4.79 Å².